The third-order valence-electron chi connectivity index (χ3n) is 3.43. The van der Waals surface area contributed by atoms with Gasteiger partial charge in [0.1, 0.15) is 5.75 Å². The van der Waals surface area contributed by atoms with Gasteiger partial charge in [-0.2, -0.15) is 0 Å². The fourth-order valence-electron chi connectivity index (χ4n) is 2.22. The molecule has 1 unspecified atom stereocenters. The summed E-state index contributed by atoms with van der Waals surface area (Å²) >= 11 is 3.46. The van der Waals surface area contributed by atoms with Gasteiger partial charge in [-0.1, -0.05) is 33.6 Å². The van der Waals surface area contributed by atoms with Gasteiger partial charge < -0.3 is 15.2 Å². The summed E-state index contributed by atoms with van der Waals surface area (Å²) in [5.41, 5.74) is 4.05. The second kappa shape index (κ2) is 6.96. The van der Waals surface area contributed by atoms with Crippen molar-refractivity contribution in [2.24, 2.45) is 0 Å². The monoisotopic (exact) mass is 349 g/mol. The SMILES string of the molecule is COc1ccc(C)cc1C(O)CNc1cc(Br)ccc1C. The molecule has 0 heterocycles. The third kappa shape index (κ3) is 3.99. The van der Waals surface area contributed by atoms with Crippen LogP contribution in [0.5, 0.6) is 5.75 Å². The maximum Gasteiger partial charge on any atom is 0.124 e. The average molecular weight is 350 g/mol. The molecule has 0 saturated heterocycles. The first-order chi connectivity index (χ1) is 10.0. The summed E-state index contributed by atoms with van der Waals surface area (Å²) in [4.78, 5) is 0. The summed E-state index contributed by atoms with van der Waals surface area (Å²) in [7, 11) is 1.62. The lowest BCUT2D eigenvalue weighted by Crippen LogP contribution is -2.14. The van der Waals surface area contributed by atoms with E-state index in [0.29, 0.717) is 12.3 Å². The Morgan fingerprint density at radius 2 is 1.95 bits per heavy atom. The molecule has 0 bridgehead atoms. The standard InChI is InChI=1S/C17H20BrNO2/c1-11-4-7-17(21-3)14(8-11)16(20)10-19-15-9-13(18)6-5-12(15)2/h4-9,16,19-20H,10H2,1-3H3. The molecule has 0 spiro atoms. The summed E-state index contributed by atoms with van der Waals surface area (Å²) in [6.45, 7) is 4.47. The van der Waals surface area contributed by atoms with Crippen molar-refractivity contribution in [1.82, 2.24) is 0 Å². The normalized spacial score (nSPS) is 12.0. The predicted molar refractivity (Wildman–Crippen MR) is 90.1 cm³/mol. The van der Waals surface area contributed by atoms with E-state index in [-0.39, 0.29) is 0 Å². The van der Waals surface area contributed by atoms with Crippen LogP contribution in [-0.2, 0) is 0 Å². The van der Waals surface area contributed by atoms with Gasteiger partial charge in [-0.05, 0) is 43.7 Å². The van der Waals surface area contributed by atoms with Crippen molar-refractivity contribution >= 4 is 21.6 Å². The Kier molecular flexibility index (Phi) is 5.26. The zero-order valence-corrected chi connectivity index (χ0v) is 14.1. The number of ether oxygens (including phenoxy) is 1. The van der Waals surface area contributed by atoms with Crippen molar-refractivity contribution in [3.05, 3.63) is 57.6 Å². The van der Waals surface area contributed by atoms with E-state index in [1.54, 1.807) is 7.11 Å². The van der Waals surface area contributed by atoms with Gasteiger partial charge in [0, 0.05) is 22.3 Å². The second-order valence-corrected chi connectivity index (χ2v) is 6.02. The van der Waals surface area contributed by atoms with Crippen LogP contribution in [0, 0.1) is 13.8 Å². The van der Waals surface area contributed by atoms with E-state index in [1.807, 2.05) is 50.2 Å². The average Bonchev–Trinajstić information content (AvgIpc) is 2.47. The molecule has 0 saturated carbocycles. The molecule has 3 nitrogen and oxygen atoms in total. The maximum atomic E-state index is 10.4. The number of nitrogens with one attached hydrogen (secondary N) is 1. The number of rotatable bonds is 5. The molecule has 2 aromatic carbocycles. The fraction of sp³-hybridized carbons (Fsp3) is 0.294. The quantitative estimate of drug-likeness (QED) is 0.848. The lowest BCUT2D eigenvalue weighted by Gasteiger charge is -2.18. The molecule has 2 rings (SSSR count). The Morgan fingerprint density at radius 1 is 1.19 bits per heavy atom. The predicted octanol–water partition coefficient (Wildman–Crippen LogP) is 4.22. The Bertz CT molecular complexity index is 628. The van der Waals surface area contributed by atoms with Gasteiger partial charge in [0.25, 0.3) is 0 Å². The molecule has 21 heavy (non-hydrogen) atoms. The Balaban J connectivity index is 2.13. The first-order valence-electron chi connectivity index (χ1n) is 6.84. The van der Waals surface area contributed by atoms with E-state index < -0.39 is 6.10 Å². The zero-order chi connectivity index (χ0) is 15.4. The summed E-state index contributed by atoms with van der Waals surface area (Å²) in [6, 6.07) is 11.9. The summed E-state index contributed by atoms with van der Waals surface area (Å²) in [5, 5.41) is 13.7. The van der Waals surface area contributed by atoms with Crippen LogP contribution in [0.1, 0.15) is 22.8 Å². The van der Waals surface area contributed by atoms with Crippen molar-refractivity contribution in [2.45, 2.75) is 20.0 Å². The minimum Gasteiger partial charge on any atom is -0.496 e. The second-order valence-electron chi connectivity index (χ2n) is 5.10. The number of aryl methyl sites for hydroxylation is 2. The lowest BCUT2D eigenvalue weighted by molar-refractivity contribution is 0.187. The van der Waals surface area contributed by atoms with Gasteiger partial charge in [0.15, 0.2) is 0 Å². The van der Waals surface area contributed by atoms with Gasteiger partial charge in [0.2, 0.25) is 0 Å². The summed E-state index contributed by atoms with van der Waals surface area (Å²) in [6.07, 6.45) is -0.627. The maximum absolute atomic E-state index is 10.4. The molecule has 2 N–H and O–H groups in total. The molecule has 2 aromatic rings. The molecular weight excluding hydrogens is 330 g/mol. The van der Waals surface area contributed by atoms with Crippen LogP contribution < -0.4 is 10.1 Å². The Morgan fingerprint density at radius 3 is 2.67 bits per heavy atom. The lowest BCUT2D eigenvalue weighted by atomic mass is 10.0. The summed E-state index contributed by atoms with van der Waals surface area (Å²) < 4.78 is 6.33. The van der Waals surface area contributed by atoms with Crippen LogP contribution in [-0.4, -0.2) is 18.8 Å². The number of benzene rings is 2. The molecule has 0 aromatic heterocycles. The van der Waals surface area contributed by atoms with Crippen molar-refractivity contribution in [3.8, 4) is 5.75 Å². The highest BCUT2D eigenvalue weighted by molar-refractivity contribution is 9.10. The van der Waals surface area contributed by atoms with Gasteiger partial charge in [-0.25, -0.2) is 0 Å². The number of halogens is 1. The van der Waals surface area contributed by atoms with Crippen LogP contribution >= 0.6 is 15.9 Å². The molecule has 0 aliphatic heterocycles. The largest absolute Gasteiger partial charge is 0.496 e. The number of methoxy groups -OCH3 is 1. The first-order valence-corrected chi connectivity index (χ1v) is 7.63. The minimum atomic E-state index is -0.627. The zero-order valence-electron chi connectivity index (χ0n) is 12.5. The molecule has 1 atom stereocenters. The first kappa shape index (κ1) is 15.9. The third-order valence-corrected chi connectivity index (χ3v) is 3.92. The Labute approximate surface area is 134 Å². The van der Waals surface area contributed by atoms with Crippen molar-refractivity contribution in [1.29, 1.82) is 0 Å². The van der Waals surface area contributed by atoms with Crippen LogP contribution in [0.3, 0.4) is 0 Å². The van der Waals surface area contributed by atoms with Gasteiger partial charge in [-0.3, -0.25) is 0 Å². The van der Waals surface area contributed by atoms with E-state index >= 15 is 0 Å². The van der Waals surface area contributed by atoms with E-state index in [2.05, 4.69) is 21.2 Å². The number of aliphatic hydroxyl groups is 1. The van der Waals surface area contributed by atoms with Gasteiger partial charge in [0.05, 0.1) is 13.2 Å². The molecule has 0 aliphatic rings. The minimum absolute atomic E-state index is 0.428. The van der Waals surface area contributed by atoms with Crippen molar-refractivity contribution < 1.29 is 9.84 Å². The van der Waals surface area contributed by atoms with Crippen LogP contribution in [0.2, 0.25) is 0 Å². The van der Waals surface area contributed by atoms with E-state index in [1.165, 1.54) is 0 Å². The van der Waals surface area contributed by atoms with Crippen LogP contribution in [0.4, 0.5) is 5.69 Å². The van der Waals surface area contributed by atoms with Crippen LogP contribution in [0.25, 0.3) is 0 Å². The van der Waals surface area contributed by atoms with E-state index in [0.717, 1.165) is 26.9 Å². The number of aliphatic hydroxyl groups excluding tert-OH is 1. The van der Waals surface area contributed by atoms with E-state index in [9.17, 15) is 5.11 Å². The smallest absolute Gasteiger partial charge is 0.124 e. The number of hydrogen-bond acceptors (Lipinski definition) is 3. The van der Waals surface area contributed by atoms with Crippen molar-refractivity contribution in [3.63, 3.8) is 0 Å². The topological polar surface area (TPSA) is 41.5 Å². The molecule has 0 amide bonds. The molecular formula is C17H20BrNO2. The highest BCUT2D eigenvalue weighted by atomic mass is 79.9. The molecule has 0 fully saturated rings. The highest BCUT2D eigenvalue weighted by Crippen LogP contribution is 2.27. The van der Waals surface area contributed by atoms with Gasteiger partial charge >= 0.3 is 0 Å². The Hall–Kier alpha value is -1.52. The number of anilines is 1. The van der Waals surface area contributed by atoms with Crippen molar-refractivity contribution in [2.75, 3.05) is 19.0 Å². The molecule has 4 heteroatoms. The fourth-order valence-corrected chi connectivity index (χ4v) is 2.58. The number of hydrogen-bond donors (Lipinski definition) is 2. The molecule has 112 valence electrons. The van der Waals surface area contributed by atoms with Crippen LogP contribution in [0.15, 0.2) is 40.9 Å². The summed E-state index contributed by atoms with van der Waals surface area (Å²) in [5.74, 6) is 0.709. The highest BCUT2D eigenvalue weighted by Gasteiger charge is 2.13. The molecule has 0 aliphatic carbocycles. The van der Waals surface area contributed by atoms with E-state index in [4.69, 9.17) is 4.74 Å². The molecule has 0 radical (unpaired) electrons. The van der Waals surface area contributed by atoms with Gasteiger partial charge in [-0.15, -0.1) is 0 Å².